The van der Waals surface area contributed by atoms with Crippen LogP contribution in [0.25, 0.3) is 0 Å². The van der Waals surface area contributed by atoms with Crippen LogP contribution in [-0.2, 0) is 10.0 Å². The summed E-state index contributed by atoms with van der Waals surface area (Å²) >= 11 is 0. The molecule has 0 radical (unpaired) electrons. The minimum absolute atomic E-state index is 0.190. The van der Waals surface area contributed by atoms with Gasteiger partial charge >= 0.3 is 0 Å². The van der Waals surface area contributed by atoms with Gasteiger partial charge in [-0.05, 0) is 55.8 Å². The van der Waals surface area contributed by atoms with Crippen LogP contribution in [0.2, 0.25) is 0 Å². The summed E-state index contributed by atoms with van der Waals surface area (Å²) in [5.41, 5.74) is 1.71. The highest BCUT2D eigenvalue weighted by Gasteiger charge is 2.10. The van der Waals surface area contributed by atoms with E-state index < -0.39 is 10.0 Å². The molecule has 0 aliphatic heterocycles. The van der Waals surface area contributed by atoms with E-state index >= 15 is 0 Å². The second-order valence-electron chi connectivity index (χ2n) is 4.52. The van der Waals surface area contributed by atoms with Crippen LogP contribution in [0.15, 0.2) is 57.8 Å². The third kappa shape index (κ3) is 4.16. The van der Waals surface area contributed by atoms with E-state index in [-0.39, 0.29) is 4.90 Å². The van der Waals surface area contributed by atoms with Crippen LogP contribution in [-0.4, -0.2) is 21.2 Å². The number of hydrogen-bond donors (Lipinski definition) is 0. The Kier molecular flexibility index (Phi) is 4.75. The van der Waals surface area contributed by atoms with E-state index in [1.54, 1.807) is 48.5 Å². The van der Waals surface area contributed by atoms with E-state index in [0.717, 1.165) is 11.3 Å². The van der Waals surface area contributed by atoms with Crippen LogP contribution in [0.4, 0.5) is 0 Å². The van der Waals surface area contributed by atoms with Crippen LogP contribution in [0.3, 0.4) is 0 Å². The third-order valence-corrected chi connectivity index (χ3v) is 4.10. The molecule has 0 fully saturated rings. The maximum atomic E-state index is 12.1. The molecule has 5 heteroatoms. The van der Waals surface area contributed by atoms with Gasteiger partial charge in [-0.1, -0.05) is 17.7 Å². The molecule has 0 N–H and O–H groups in total. The van der Waals surface area contributed by atoms with Crippen LogP contribution < -0.4 is 4.74 Å². The van der Waals surface area contributed by atoms with Gasteiger partial charge in [-0.25, -0.2) is 0 Å². The minimum atomic E-state index is -3.66. The summed E-state index contributed by atoms with van der Waals surface area (Å²) in [6, 6.07) is 13.7. The Morgan fingerprint density at radius 2 is 1.67 bits per heavy atom. The first kappa shape index (κ1) is 15.3. The number of hydrogen-bond acceptors (Lipinski definition) is 3. The van der Waals surface area contributed by atoms with Crippen LogP contribution >= 0.6 is 0 Å². The van der Waals surface area contributed by atoms with Crippen molar-refractivity contribution in [2.45, 2.75) is 18.7 Å². The van der Waals surface area contributed by atoms with Crippen molar-refractivity contribution in [3.63, 3.8) is 0 Å². The van der Waals surface area contributed by atoms with E-state index in [1.165, 1.54) is 6.21 Å². The lowest BCUT2D eigenvalue weighted by atomic mass is 10.2. The van der Waals surface area contributed by atoms with Gasteiger partial charge in [-0.3, -0.25) is 0 Å². The second-order valence-corrected chi connectivity index (χ2v) is 6.16. The number of benzene rings is 2. The van der Waals surface area contributed by atoms with Gasteiger partial charge in [0, 0.05) is 6.21 Å². The Morgan fingerprint density at radius 3 is 2.24 bits per heavy atom. The first-order chi connectivity index (χ1) is 10.0. The molecule has 21 heavy (non-hydrogen) atoms. The molecule has 2 aromatic carbocycles. The summed E-state index contributed by atoms with van der Waals surface area (Å²) in [6.07, 6.45) is 1.34. The largest absolute Gasteiger partial charge is 0.494 e. The highest BCUT2D eigenvalue weighted by molar-refractivity contribution is 7.90. The Hall–Kier alpha value is -2.14. The molecule has 0 aliphatic carbocycles. The van der Waals surface area contributed by atoms with E-state index in [4.69, 9.17) is 4.74 Å². The fourth-order valence-electron chi connectivity index (χ4n) is 1.72. The zero-order valence-electron chi connectivity index (χ0n) is 12.0. The molecule has 0 spiro atoms. The number of rotatable bonds is 5. The molecule has 0 saturated carbocycles. The molecule has 2 rings (SSSR count). The van der Waals surface area contributed by atoms with Crippen molar-refractivity contribution < 1.29 is 13.2 Å². The lowest BCUT2D eigenvalue weighted by Gasteiger charge is -2.02. The topological polar surface area (TPSA) is 55.7 Å². The first-order valence-corrected chi connectivity index (χ1v) is 8.05. The summed E-state index contributed by atoms with van der Waals surface area (Å²) in [5.74, 6) is 0.746. The van der Waals surface area contributed by atoms with Crippen LogP contribution in [0.5, 0.6) is 5.75 Å². The van der Waals surface area contributed by atoms with Gasteiger partial charge in [0.1, 0.15) is 5.75 Å². The van der Waals surface area contributed by atoms with Crippen LogP contribution in [0, 0.1) is 6.92 Å². The molecule has 4 nitrogen and oxygen atoms in total. The molecule has 0 atom stereocenters. The molecular formula is C16H17NO3S. The van der Waals surface area contributed by atoms with E-state index in [0.29, 0.717) is 12.2 Å². The molecular weight excluding hydrogens is 286 g/mol. The predicted octanol–water partition coefficient (Wildman–Crippen LogP) is 3.20. The number of aryl methyl sites for hydroxylation is 1. The van der Waals surface area contributed by atoms with Crippen molar-refractivity contribution in [2.24, 2.45) is 4.40 Å². The molecule has 2 aromatic rings. The van der Waals surface area contributed by atoms with Gasteiger partial charge in [0.05, 0.1) is 11.5 Å². The van der Waals surface area contributed by atoms with Gasteiger partial charge in [0.25, 0.3) is 10.0 Å². The van der Waals surface area contributed by atoms with Crippen LogP contribution in [0.1, 0.15) is 18.1 Å². The molecule has 0 heterocycles. The van der Waals surface area contributed by atoms with Gasteiger partial charge in [-0.2, -0.15) is 12.8 Å². The molecule has 0 aromatic heterocycles. The molecule has 110 valence electrons. The quantitative estimate of drug-likeness (QED) is 0.797. The van der Waals surface area contributed by atoms with Gasteiger partial charge in [-0.15, -0.1) is 0 Å². The summed E-state index contributed by atoms with van der Waals surface area (Å²) in [6.45, 7) is 4.40. The maximum Gasteiger partial charge on any atom is 0.282 e. The van der Waals surface area contributed by atoms with Crippen molar-refractivity contribution in [1.82, 2.24) is 0 Å². The Balaban J connectivity index is 2.17. The number of ether oxygens (including phenoxy) is 1. The average molecular weight is 303 g/mol. The fraction of sp³-hybridized carbons (Fsp3) is 0.188. The lowest BCUT2D eigenvalue weighted by Crippen LogP contribution is -1.98. The number of nitrogens with zero attached hydrogens (tertiary/aromatic N) is 1. The van der Waals surface area contributed by atoms with E-state index in [2.05, 4.69) is 4.40 Å². The molecule has 0 bridgehead atoms. The van der Waals surface area contributed by atoms with Crippen molar-refractivity contribution in [2.75, 3.05) is 6.61 Å². The van der Waals surface area contributed by atoms with Crippen molar-refractivity contribution in [3.05, 3.63) is 59.7 Å². The molecule has 0 saturated heterocycles. The SMILES string of the molecule is CCOc1ccc(/C=N/S(=O)(=O)c2ccc(C)cc2)cc1. The van der Waals surface area contributed by atoms with Gasteiger partial charge in [0.2, 0.25) is 0 Å². The summed E-state index contributed by atoms with van der Waals surface area (Å²) in [7, 11) is -3.66. The Bertz CT molecular complexity index is 717. The van der Waals surface area contributed by atoms with E-state index in [9.17, 15) is 8.42 Å². The van der Waals surface area contributed by atoms with Gasteiger partial charge < -0.3 is 4.74 Å². The van der Waals surface area contributed by atoms with Crippen molar-refractivity contribution >= 4 is 16.2 Å². The van der Waals surface area contributed by atoms with Crippen molar-refractivity contribution in [1.29, 1.82) is 0 Å². The minimum Gasteiger partial charge on any atom is -0.494 e. The normalized spacial score (nSPS) is 11.7. The second kappa shape index (κ2) is 6.54. The highest BCUT2D eigenvalue weighted by Crippen LogP contribution is 2.14. The smallest absolute Gasteiger partial charge is 0.282 e. The monoisotopic (exact) mass is 303 g/mol. The highest BCUT2D eigenvalue weighted by atomic mass is 32.2. The number of sulfonamides is 1. The third-order valence-electron chi connectivity index (χ3n) is 2.85. The molecule has 0 unspecified atom stereocenters. The molecule has 0 amide bonds. The average Bonchev–Trinajstić information content (AvgIpc) is 2.47. The molecule has 0 aliphatic rings. The van der Waals surface area contributed by atoms with Crippen molar-refractivity contribution in [3.8, 4) is 5.75 Å². The summed E-state index contributed by atoms with van der Waals surface area (Å²) in [5, 5.41) is 0. The zero-order chi connectivity index (χ0) is 15.3. The Labute approximate surface area is 125 Å². The maximum absolute atomic E-state index is 12.1. The summed E-state index contributed by atoms with van der Waals surface area (Å²) < 4.78 is 33.2. The zero-order valence-corrected chi connectivity index (χ0v) is 12.8. The first-order valence-electron chi connectivity index (χ1n) is 6.61. The van der Waals surface area contributed by atoms with Gasteiger partial charge in [0.15, 0.2) is 0 Å². The van der Waals surface area contributed by atoms with E-state index in [1.807, 2.05) is 13.8 Å². The lowest BCUT2D eigenvalue weighted by molar-refractivity contribution is 0.340. The fourth-order valence-corrected chi connectivity index (χ4v) is 2.58. The Morgan fingerprint density at radius 1 is 1.05 bits per heavy atom. The predicted molar refractivity (Wildman–Crippen MR) is 83.6 cm³/mol. The standard InChI is InChI=1S/C16H17NO3S/c1-3-20-15-8-6-14(7-9-15)12-17-21(18,19)16-10-4-13(2)5-11-16/h4-12H,3H2,1-2H3/b17-12+. The summed E-state index contributed by atoms with van der Waals surface area (Å²) in [4.78, 5) is 0.190.